The number of rotatable bonds is 3. The second kappa shape index (κ2) is 4.73. The normalized spacial score (nSPS) is 11.1. The molecular weight excluding hydrogens is 279 g/mol. The van der Waals surface area contributed by atoms with Crippen molar-refractivity contribution in [3.63, 3.8) is 0 Å². The maximum absolute atomic E-state index is 12.1. The highest BCUT2D eigenvalue weighted by atomic mass is 35.5. The number of ether oxygens (including phenoxy) is 1. The van der Waals surface area contributed by atoms with Crippen LogP contribution in [0.1, 0.15) is 20.7 Å². The summed E-state index contributed by atoms with van der Waals surface area (Å²) in [5, 5.41) is 8.11. The molecule has 0 aliphatic carbocycles. The highest BCUT2D eigenvalue weighted by molar-refractivity contribution is 6.36. The predicted molar refractivity (Wildman–Crippen MR) is 54.9 cm³/mol. The summed E-state index contributed by atoms with van der Waals surface area (Å²) in [5.74, 6) is -2.62. The Labute approximate surface area is 103 Å². The van der Waals surface area contributed by atoms with Gasteiger partial charge in [-0.2, -0.15) is 0 Å². The van der Waals surface area contributed by atoms with Gasteiger partial charge in [-0.3, -0.25) is 4.79 Å². The van der Waals surface area contributed by atoms with E-state index in [1.54, 1.807) is 0 Å². The molecule has 18 heavy (non-hydrogen) atoms. The van der Waals surface area contributed by atoms with Crippen LogP contribution in [0.2, 0.25) is 5.02 Å². The van der Waals surface area contributed by atoms with E-state index in [1.165, 1.54) is 0 Å². The number of carboxylic acids is 1. The zero-order valence-electron chi connectivity index (χ0n) is 8.42. The van der Waals surface area contributed by atoms with Crippen LogP contribution in [-0.2, 0) is 0 Å². The number of nitrogen functional groups attached to an aromatic ring is 1. The Morgan fingerprint density at radius 2 is 2.06 bits per heavy atom. The van der Waals surface area contributed by atoms with Crippen molar-refractivity contribution in [3.05, 3.63) is 22.2 Å². The van der Waals surface area contributed by atoms with Crippen LogP contribution in [0, 0.1) is 0 Å². The fourth-order valence-electron chi connectivity index (χ4n) is 1.15. The van der Waals surface area contributed by atoms with Crippen LogP contribution in [-0.4, -0.2) is 23.7 Å². The Morgan fingerprint density at radius 1 is 1.50 bits per heavy atom. The number of carbonyl (C=O) groups excluding carboxylic acids is 1. The molecule has 0 saturated heterocycles. The quantitative estimate of drug-likeness (QED) is 0.656. The molecule has 0 heterocycles. The van der Waals surface area contributed by atoms with Crippen molar-refractivity contribution in [3.8, 4) is 5.75 Å². The minimum Gasteiger partial charge on any atom is -0.478 e. The Morgan fingerprint density at radius 3 is 2.44 bits per heavy atom. The summed E-state index contributed by atoms with van der Waals surface area (Å²) in [6.45, 7) is 0. The third-order valence-electron chi connectivity index (χ3n) is 1.88. The lowest BCUT2D eigenvalue weighted by atomic mass is 10.1. The Hall–Kier alpha value is -1.96. The molecule has 5 nitrogen and oxygen atoms in total. The smallest absolute Gasteiger partial charge is 0.478 e. The van der Waals surface area contributed by atoms with Gasteiger partial charge in [0, 0.05) is 0 Å². The van der Waals surface area contributed by atoms with Gasteiger partial charge in [-0.25, -0.2) is 4.79 Å². The number of hydrogen-bond donors (Lipinski definition) is 2. The number of alkyl halides is 3. The molecule has 0 fully saturated rings. The van der Waals surface area contributed by atoms with Gasteiger partial charge in [-0.05, 0) is 6.07 Å². The molecule has 1 rings (SSSR count). The first-order valence-corrected chi connectivity index (χ1v) is 4.61. The van der Waals surface area contributed by atoms with Crippen molar-refractivity contribution in [2.75, 3.05) is 5.73 Å². The minimum atomic E-state index is -5.09. The van der Waals surface area contributed by atoms with Crippen LogP contribution in [0.4, 0.5) is 18.9 Å². The number of carbonyl (C=O) groups is 2. The van der Waals surface area contributed by atoms with Crippen LogP contribution in [0.15, 0.2) is 6.07 Å². The van der Waals surface area contributed by atoms with E-state index in [0.717, 1.165) is 0 Å². The summed E-state index contributed by atoms with van der Waals surface area (Å²) in [6.07, 6.45) is -5.10. The van der Waals surface area contributed by atoms with Crippen molar-refractivity contribution >= 4 is 29.5 Å². The lowest BCUT2D eigenvalue weighted by Gasteiger charge is -2.14. The zero-order valence-corrected chi connectivity index (χ0v) is 9.17. The minimum absolute atomic E-state index is 0.00853. The SMILES string of the molecule is Nc1c(C(=O)O)cc(OC(F)(F)F)c(C=O)c1Cl. The number of carboxylic acid groups (broad SMARTS) is 1. The van der Waals surface area contributed by atoms with Gasteiger partial charge in [0.2, 0.25) is 0 Å². The molecule has 0 amide bonds. The van der Waals surface area contributed by atoms with E-state index in [-0.39, 0.29) is 6.29 Å². The third kappa shape index (κ3) is 2.83. The molecule has 0 aromatic heterocycles. The number of halogens is 4. The van der Waals surface area contributed by atoms with Crippen molar-refractivity contribution < 1.29 is 32.6 Å². The average Bonchev–Trinajstić information content (AvgIpc) is 2.21. The first kappa shape index (κ1) is 14.1. The molecule has 0 aliphatic heterocycles. The molecule has 3 N–H and O–H groups in total. The molecule has 0 atom stereocenters. The summed E-state index contributed by atoms with van der Waals surface area (Å²) in [5.41, 5.74) is 3.41. The first-order valence-electron chi connectivity index (χ1n) is 4.23. The Balaban J connectivity index is 3.49. The van der Waals surface area contributed by atoms with E-state index in [4.69, 9.17) is 22.4 Å². The van der Waals surface area contributed by atoms with Crippen LogP contribution in [0.25, 0.3) is 0 Å². The number of benzene rings is 1. The van der Waals surface area contributed by atoms with E-state index in [2.05, 4.69) is 4.74 Å². The molecule has 1 aromatic rings. The number of nitrogens with two attached hydrogens (primary N) is 1. The van der Waals surface area contributed by atoms with E-state index >= 15 is 0 Å². The van der Waals surface area contributed by atoms with Gasteiger partial charge >= 0.3 is 12.3 Å². The second-order valence-corrected chi connectivity index (χ2v) is 3.41. The van der Waals surface area contributed by atoms with Gasteiger partial charge in [0.1, 0.15) is 5.75 Å². The zero-order chi connectivity index (χ0) is 14.1. The van der Waals surface area contributed by atoms with Gasteiger partial charge in [0.05, 0.1) is 21.8 Å². The molecule has 0 spiro atoms. The van der Waals surface area contributed by atoms with Gasteiger partial charge in [-0.15, -0.1) is 13.2 Å². The Kier molecular flexibility index (Phi) is 3.70. The van der Waals surface area contributed by atoms with E-state index < -0.39 is 39.9 Å². The molecule has 0 radical (unpaired) electrons. The molecule has 98 valence electrons. The fourth-order valence-corrected chi connectivity index (χ4v) is 1.39. The average molecular weight is 284 g/mol. The van der Waals surface area contributed by atoms with Gasteiger partial charge in [0.25, 0.3) is 0 Å². The monoisotopic (exact) mass is 283 g/mol. The lowest BCUT2D eigenvalue weighted by Crippen LogP contribution is -2.19. The topological polar surface area (TPSA) is 89.6 Å². The fraction of sp³-hybridized carbons (Fsp3) is 0.111. The number of anilines is 1. The molecule has 9 heteroatoms. The largest absolute Gasteiger partial charge is 0.573 e. The number of aldehydes is 1. The van der Waals surface area contributed by atoms with Crippen molar-refractivity contribution in [2.24, 2.45) is 0 Å². The summed E-state index contributed by atoms with van der Waals surface area (Å²) in [4.78, 5) is 21.4. The summed E-state index contributed by atoms with van der Waals surface area (Å²) in [6, 6.07) is 0.487. The van der Waals surface area contributed by atoms with E-state index in [9.17, 15) is 22.8 Å². The van der Waals surface area contributed by atoms with Gasteiger partial charge < -0.3 is 15.6 Å². The van der Waals surface area contributed by atoms with Crippen LogP contribution < -0.4 is 10.5 Å². The summed E-state index contributed by atoms with van der Waals surface area (Å²) >= 11 is 5.51. The standard InChI is InChI=1S/C9H5ClF3NO4/c10-6-4(2-15)5(18-9(11,12)13)1-3(7(6)14)8(16)17/h1-2H,14H2,(H,16,17). The van der Waals surface area contributed by atoms with Crippen molar-refractivity contribution in [1.82, 2.24) is 0 Å². The van der Waals surface area contributed by atoms with Crippen LogP contribution >= 0.6 is 11.6 Å². The predicted octanol–water partition coefficient (Wildman–Crippen LogP) is 2.33. The van der Waals surface area contributed by atoms with Gasteiger partial charge in [0.15, 0.2) is 6.29 Å². The van der Waals surface area contributed by atoms with Crippen molar-refractivity contribution in [1.29, 1.82) is 0 Å². The molecule has 1 aromatic carbocycles. The molecule has 0 bridgehead atoms. The molecular formula is C9H5ClF3NO4. The summed E-state index contributed by atoms with van der Waals surface area (Å²) < 4.78 is 39.7. The second-order valence-electron chi connectivity index (χ2n) is 3.03. The maximum atomic E-state index is 12.1. The molecule has 0 unspecified atom stereocenters. The van der Waals surface area contributed by atoms with Crippen LogP contribution in [0.5, 0.6) is 5.75 Å². The number of aromatic carboxylic acids is 1. The molecule has 0 saturated carbocycles. The van der Waals surface area contributed by atoms with Gasteiger partial charge in [-0.1, -0.05) is 11.6 Å². The first-order chi connectivity index (χ1) is 8.17. The number of hydrogen-bond acceptors (Lipinski definition) is 4. The highest BCUT2D eigenvalue weighted by Crippen LogP contribution is 2.36. The third-order valence-corrected chi connectivity index (χ3v) is 2.29. The Bertz CT molecular complexity index is 516. The highest BCUT2D eigenvalue weighted by Gasteiger charge is 2.33. The summed E-state index contributed by atoms with van der Waals surface area (Å²) in [7, 11) is 0. The van der Waals surface area contributed by atoms with E-state index in [0.29, 0.717) is 6.07 Å². The maximum Gasteiger partial charge on any atom is 0.573 e. The van der Waals surface area contributed by atoms with Crippen molar-refractivity contribution in [2.45, 2.75) is 6.36 Å². The van der Waals surface area contributed by atoms with Crippen LogP contribution in [0.3, 0.4) is 0 Å². The lowest BCUT2D eigenvalue weighted by molar-refractivity contribution is -0.274. The van der Waals surface area contributed by atoms with E-state index in [1.807, 2.05) is 0 Å². The molecule has 0 aliphatic rings.